The van der Waals surface area contributed by atoms with Crippen molar-refractivity contribution in [1.82, 2.24) is 8.02 Å². The van der Waals surface area contributed by atoms with Gasteiger partial charge in [-0.05, 0) is 32.7 Å². The fourth-order valence-electron chi connectivity index (χ4n) is 2.17. The van der Waals surface area contributed by atoms with Crippen LogP contribution in [0.2, 0.25) is 0 Å². The van der Waals surface area contributed by atoms with Crippen molar-refractivity contribution in [2.45, 2.75) is 26.3 Å². The van der Waals surface area contributed by atoms with Gasteiger partial charge in [-0.15, -0.1) is 0 Å². The molecule has 1 unspecified atom stereocenters. The lowest BCUT2D eigenvalue weighted by Crippen LogP contribution is -2.42. The first-order chi connectivity index (χ1) is 11.4. The number of ether oxygens (including phenoxy) is 2. The van der Waals surface area contributed by atoms with E-state index in [-0.39, 0.29) is 15.5 Å². The predicted molar refractivity (Wildman–Crippen MR) is 92.1 cm³/mol. The van der Waals surface area contributed by atoms with Crippen molar-refractivity contribution in [3.8, 4) is 0 Å². The molecule has 2 aliphatic rings. The topological polar surface area (TPSA) is 110 Å². The molecule has 2 aliphatic heterocycles. The molecule has 0 aromatic heterocycles. The van der Waals surface area contributed by atoms with Crippen molar-refractivity contribution >= 4 is 44.9 Å². The Balaban J connectivity index is 2.91. The second-order valence-corrected chi connectivity index (χ2v) is 10.4. The summed E-state index contributed by atoms with van der Waals surface area (Å²) in [6.45, 7) is 5.22. The molecule has 0 N–H and O–H groups in total. The van der Waals surface area contributed by atoms with Crippen LogP contribution < -0.4 is 0 Å². The lowest BCUT2D eigenvalue weighted by Gasteiger charge is -2.36. The number of carbonyl (C=O) groups excluding carboxylic acids is 2. The summed E-state index contributed by atoms with van der Waals surface area (Å²) in [4.78, 5) is 23.4. The van der Waals surface area contributed by atoms with E-state index in [4.69, 9.17) is 0 Å². The fourth-order valence-corrected chi connectivity index (χ4v) is 7.05. The maximum absolute atomic E-state index is 12.9. The average molecular weight is 410 g/mol. The third-order valence-electron chi connectivity index (χ3n) is 3.36. The first kappa shape index (κ1) is 19.9. The number of fused-ring (bicyclic) bond motifs is 1. The molecule has 2 rings (SSSR count). The maximum Gasteiger partial charge on any atom is 0.352 e. The molecule has 25 heavy (non-hydrogen) atoms. The SMILES string of the molecule is COC(=O)C1=C2C(=C(C(=O)OC)S(=O)(=O)N2C)SN(C(C)(C)C)S1=O. The molecule has 0 saturated carbocycles. The molecule has 0 saturated heterocycles. The van der Waals surface area contributed by atoms with Crippen LogP contribution in [-0.4, -0.2) is 59.4 Å². The highest BCUT2D eigenvalue weighted by molar-refractivity contribution is 8.12. The summed E-state index contributed by atoms with van der Waals surface area (Å²) in [5.41, 5.74) is -0.837. The normalized spacial score (nSPS) is 23.6. The van der Waals surface area contributed by atoms with E-state index in [9.17, 15) is 22.2 Å². The molecule has 0 fully saturated rings. The molecule has 0 radical (unpaired) electrons. The molecule has 0 aliphatic carbocycles. The molecular weight excluding hydrogens is 392 g/mol. The van der Waals surface area contributed by atoms with Crippen molar-refractivity contribution in [3.05, 3.63) is 20.4 Å². The molecule has 0 aromatic rings. The van der Waals surface area contributed by atoms with E-state index >= 15 is 0 Å². The van der Waals surface area contributed by atoms with Gasteiger partial charge in [-0.2, -0.15) is 3.71 Å². The van der Waals surface area contributed by atoms with Crippen molar-refractivity contribution in [2.24, 2.45) is 0 Å². The van der Waals surface area contributed by atoms with Gasteiger partial charge in [0.15, 0.2) is 9.81 Å². The third kappa shape index (κ3) is 3.00. The number of methoxy groups -OCH3 is 2. The van der Waals surface area contributed by atoms with Crippen LogP contribution in [0, 0.1) is 0 Å². The van der Waals surface area contributed by atoms with Crippen LogP contribution in [0.4, 0.5) is 0 Å². The van der Waals surface area contributed by atoms with Crippen molar-refractivity contribution < 1.29 is 31.7 Å². The van der Waals surface area contributed by atoms with Gasteiger partial charge >= 0.3 is 11.9 Å². The average Bonchev–Trinajstić information content (AvgIpc) is 2.71. The van der Waals surface area contributed by atoms with Gasteiger partial charge < -0.3 is 9.47 Å². The van der Waals surface area contributed by atoms with Gasteiger partial charge in [-0.25, -0.2) is 22.2 Å². The molecular formula is C13H18N2O7S3. The van der Waals surface area contributed by atoms with Crippen LogP contribution >= 0.6 is 11.9 Å². The number of likely N-dealkylation sites (N-methyl/N-ethyl adjacent to an activating group) is 1. The Morgan fingerprint density at radius 1 is 1.12 bits per heavy atom. The van der Waals surface area contributed by atoms with Gasteiger partial charge in [0.2, 0.25) is 0 Å². The minimum Gasteiger partial charge on any atom is -0.465 e. The predicted octanol–water partition coefficient (Wildman–Crippen LogP) is 0.457. The van der Waals surface area contributed by atoms with Gasteiger partial charge in [-0.3, -0.25) is 4.31 Å². The highest BCUT2D eigenvalue weighted by Crippen LogP contribution is 2.50. The monoisotopic (exact) mass is 410 g/mol. The van der Waals surface area contributed by atoms with E-state index in [1.54, 1.807) is 20.8 Å². The van der Waals surface area contributed by atoms with Crippen molar-refractivity contribution in [1.29, 1.82) is 0 Å². The molecule has 0 spiro atoms. The van der Waals surface area contributed by atoms with E-state index in [1.807, 2.05) is 0 Å². The molecule has 12 heteroatoms. The van der Waals surface area contributed by atoms with Crippen LogP contribution in [0.5, 0.6) is 0 Å². The molecule has 9 nitrogen and oxygen atoms in total. The number of hydrogen-bond donors (Lipinski definition) is 0. The zero-order chi connectivity index (χ0) is 19.3. The smallest absolute Gasteiger partial charge is 0.352 e. The Labute approximate surface area is 152 Å². The fraction of sp³-hybridized carbons (Fsp3) is 0.538. The molecule has 2 heterocycles. The number of sulfonamides is 1. The summed E-state index contributed by atoms with van der Waals surface area (Å²) in [7, 11) is -2.90. The summed E-state index contributed by atoms with van der Waals surface area (Å²) >= 11 is 0.832. The molecule has 0 aromatic carbocycles. The standard InChI is InChI=1S/C13H18N2O7S3/c1-13(2,3)15-23-8-7(9(24(15)18)11(16)21-5)14(4)25(19,20)10(8)12(17)22-6/h1-6H3. The minimum absolute atomic E-state index is 0.00993. The zero-order valence-corrected chi connectivity index (χ0v) is 16.9. The molecule has 140 valence electrons. The maximum atomic E-state index is 12.9. The molecule has 0 bridgehead atoms. The van der Waals surface area contributed by atoms with Gasteiger partial charge in [-0.1, -0.05) is 0 Å². The Hall–Kier alpha value is -1.37. The largest absolute Gasteiger partial charge is 0.465 e. The van der Waals surface area contributed by atoms with Gasteiger partial charge in [0.1, 0.15) is 11.0 Å². The quantitative estimate of drug-likeness (QED) is 0.477. The van der Waals surface area contributed by atoms with Gasteiger partial charge in [0, 0.05) is 12.6 Å². The van der Waals surface area contributed by atoms with Crippen LogP contribution in [0.15, 0.2) is 20.4 Å². The Morgan fingerprint density at radius 3 is 2.08 bits per heavy atom. The lowest BCUT2D eigenvalue weighted by atomic mass is 10.1. The number of carbonyl (C=O) groups is 2. The van der Waals surface area contributed by atoms with E-state index in [0.717, 1.165) is 30.5 Å². The summed E-state index contributed by atoms with van der Waals surface area (Å²) in [6, 6.07) is 0. The minimum atomic E-state index is -4.24. The summed E-state index contributed by atoms with van der Waals surface area (Å²) < 4.78 is 49.5. The Bertz CT molecular complexity index is 836. The van der Waals surface area contributed by atoms with E-state index in [2.05, 4.69) is 9.47 Å². The van der Waals surface area contributed by atoms with Gasteiger partial charge in [0.25, 0.3) is 10.0 Å². The van der Waals surface area contributed by atoms with Crippen LogP contribution in [-0.2, 0) is 40.1 Å². The summed E-state index contributed by atoms with van der Waals surface area (Å²) in [6.07, 6.45) is 0. The van der Waals surface area contributed by atoms with E-state index < -0.39 is 43.4 Å². The highest BCUT2D eigenvalue weighted by Gasteiger charge is 2.52. The number of rotatable bonds is 2. The first-order valence-electron chi connectivity index (χ1n) is 6.94. The second kappa shape index (κ2) is 6.41. The van der Waals surface area contributed by atoms with Crippen molar-refractivity contribution in [2.75, 3.05) is 21.3 Å². The zero-order valence-electron chi connectivity index (χ0n) is 14.5. The number of hydrogen-bond acceptors (Lipinski definition) is 8. The van der Waals surface area contributed by atoms with E-state index in [1.165, 1.54) is 10.8 Å². The third-order valence-corrected chi connectivity index (χ3v) is 8.76. The molecule has 1 atom stereocenters. The lowest BCUT2D eigenvalue weighted by molar-refractivity contribution is -0.136. The Morgan fingerprint density at radius 2 is 1.64 bits per heavy atom. The summed E-state index contributed by atoms with van der Waals surface area (Å²) in [5.74, 6) is -2.00. The number of nitrogens with zero attached hydrogens (tertiary/aromatic N) is 2. The second-order valence-electron chi connectivity index (χ2n) is 6.06. The Kier molecular flexibility index (Phi) is 5.12. The van der Waals surface area contributed by atoms with Crippen LogP contribution in [0.25, 0.3) is 0 Å². The van der Waals surface area contributed by atoms with Crippen molar-refractivity contribution in [3.63, 3.8) is 0 Å². The molecule has 0 amide bonds. The van der Waals surface area contributed by atoms with Crippen LogP contribution in [0.1, 0.15) is 20.8 Å². The van der Waals surface area contributed by atoms with Crippen LogP contribution in [0.3, 0.4) is 0 Å². The highest BCUT2D eigenvalue weighted by atomic mass is 32.2. The van der Waals surface area contributed by atoms with E-state index in [0.29, 0.717) is 0 Å². The number of esters is 2. The first-order valence-corrected chi connectivity index (χ1v) is 10.3. The summed E-state index contributed by atoms with van der Waals surface area (Å²) in [5, 5.41) is 0. The van der Waals surface area contributed by atoms with Gasteiger partial charge in [0.05, 0.1) is 24.8 Å².